The molecule has 0 radical (unpaired) electrons. The van der Waals surface area contributed by atoms with Crippen LogP contribution in [0.1, 0.15) is 9.27 Å². The van der Waals surface area contributed by atoms with E-state index in [-0.39, 0.29) is 32.3 Å². The van der Waals surface area contributed by atoms with Crippen molar-refractivity contribution in [3.63, 3.8) is 0 Å². The van der Waals surface area contributed by atoms with E-state index in [0.717, 1.165) is 0 Å². The molecule has 0 aromatic carbocycles. The SMILES string of the molecule is C=CCC(=O)O.[H-].[H-].[Mg+2]. The molecule has 0 bridgehead atoms. The Labute approximate surface area is 61.3 Å². The molecule has 0 unspecified atom stereocenters. The summed E-state index contributed by atoms with van der Waals surface area (Å²) < 4.78 is 0. The molecule has 0 aromatic rings. The van der Waals surface area contributed by atoms with Crippen LogP contribution in [-0.4, -0.2) is 34.1 Å². The van der Waals surface area contributed by atoms with Gasteiger partial charge in [-0.2, -0.15) is 0 Å². The van der Waals surface area contributed by atoms with E-state index in [1.165, 1.54) is 6.08 Å². The van der Waals surface area contributed by atoms with Crippen LogP contribution in [0.2, 0.25) is 0 Å². The fraction of sp³-hybridized carbons (Fsp3) is 0.250. The minimum absolute atomic E-state index is 0. The largest absolute Gasteiger partial charge is 2.00 e. The number of carboxylic acids is 1. The summed E-state index contributed by atoms with van der Waals surface area (Å²) in [4.78, 5) is 9.53. The van der Waals surface area contributed by atoms with Crippen LogP contribution in [0.5, 0.6) is 0 Å². The smallest absolute Gasteiger partial charge is 1.00 e. The monoisotopic (exact) mass is 112 g/mol. The molecule has 2 nitrogen and oxygen atoms in total. The van der Waals surface area contributed by atoms with Gasteiger partial charge < -0.3 is 7.96 Å². The molecule has 3 heteroatoms. The van der Waals surface area contributed by atoms with Gasteiger partial charge in [-0.15, -0.1) is 6.58 Å². The van der Waals surface area contributed by atoms with E-state index in [1.807, 2.05) is 0 Å². The molecule has 0 aliphatic heterocycles. The van der Waals surface area contributed by atoms with E-state index in [9.17, 15) is 4.79 Å². The summed E-state index contributed by atoms with van der Waals surface area (Å²) >= 11 is 0. The molecule has 0 aliphatic rings. The van der Waals surface area contributed by atoms with Crippen molar-refractivity contribution in [1.82, 2.24) is 0 Å². The van der Waals surface area contributed by atoms with Gasteiger partial charge in [-0.05, 0) is 0 Å². The maximum absolute atomic E-state index is 9.53. The Morgan fingerprint density at radius 2 is 2.43 bits per heavy atom. The van der Waals surface area contributed by atoms with Gasteiger partial charge in [-0.1, -0.05) is 6.08 Å². The fourth-order valence-electron chi connectivity index (χ4n) is 0.123. The van der Waals surface area contributed by atoms with Crippen molar-refractivity contribution in [2.24, 2.45) is 0 Å². The van der Waals surface area contributed by atoms with Crippen LogP contribution in [-0.2, 0) is 4.79 Å². The van der Waals surface area contributed by atoms with Crippen molar-refractivity contribution in [2.45, 2.75) is 6.42 Å². The van der Waals surface area contributed by atoms with Crippen molar-refractivity contribution >= 4 is 29.0 Å². The van der Waals surface area contributed by atoms with Gasteiger partial charge in [-0.25, -0.2) is 0 Å². The normalized spacial score (nSPS) is 6.29. The average molecular weight is 112 g/mol. The maximum Gasteiger partial charge on any atom is 2.00 e. The number of carbonyl (C=O) groups is 1. The van der Waals surface area contributed by atoms with Crippen LogP contribution in [0.3, 0.4) is 0 Å². The Morgan fingerprint density at radius 3 is 2.43 bits per heavy atom. The molecule has 0 heterocycles. The second kappa shape index (κ2) is 5.98. The van der Waals surface area contributed by atoms with Crippen LogP contribution >= 0.6 is 0 Å². The Balaban J connectivity index is -0.0000000417. The zero-order valence-electron chi connectivity index (χ0n) is 6.05. The van der Waals surface area contributed by atoms with Gasteiger partial charge in [0.15, 0.2) is 0 Å². The van der Waals surface area contributed by atoms with Gasteiger partial charge in [0.25, 0.3) is 0 Å². The molecule has 7 heavy (non-hydrogen) atoms. The second-order valence-electron chi connectivity index (χ2n) is 0.887. The molecule has 0 amide bonds. The minimum atomic E-state index is -0.829. The van der Waals surface area contributed by atoms with Crippen LogP contribution in [0.25, 0.3) is 0 Å². The van der Waals surface area contributed by atoms with E-state index >= 15 is 0 Å². The first kappa shape index (κ1) is 10.1. The molecule has 0 aliphatic carbocycles. The van der Waals surface area contributed by atoms with Gasteiger partial charge in [0, 0.05) is 0 Å². The Morgan fingerprint density at radius 1 is 2.00 bits per heavy atom. The van der Waals surface area contributed by atoms with E-state index in [4.69, 9.17) is 5.11 Å². The van der Waals surface area contributed by atoms with Crippen LogP contribution in [0.15, 0.2) is 12.7 Å². The summed E-state index contributed by atoms with van der Waals surface area (Å²) in [6.45, 7) is 3.22. The van der Waals surface area contributed by atoms with Crippen molar-refractivity contribution in [1.29, 1.82) is 0 Å². The molecule has 0 saturated heterocycles. The third kappa shape index (κ3) is 10.7. The number of carboxylic acid groups (broad SMARTS) is 1. The summed E-state index contributed by atoms with van der Waals surface area (Å²) in [6, 6.07) is 0. The molecule has 0 fully saturated rings. The molecular weight excluding hydrogens is 104 g/mol. The molecular formula is C4H8MgO2. The average Bonchev–Trinajstić information content (AvgIpc) is 1.35. The van der Waals surface area contributed by atoms with E-state index in [0.29, 0.717) is 0 Å². The van der Waals surface area contributed by atoms with E-state index in [1.54, 1.807) is 0 Å². The first-order valence-corrected chi connectivity index (χ1v) is 1.60. The number of hydrogen-bond acceptors (Lipinski definition) is 1. The van der Waals surface area contributed by atoms with Gasteiger partial charge in [-0.3, -0.25) is 4.79 Å². The summed E-state index contributed by atoms with van der Waals surface area (Å²) in [6.07, 6.45) is 1.41. The quantitative estimate of drug-likeness (QED) is 0.417. The Hall–Kier alpha value is -0.0238. The number of aliphatic carboxylic acids is 1. The second-order valence-corrected chi connectivity index (χ2v) is 0.887. The predicted octanol–water partition coefficient (Wildman–Crippen LogP) is 0.491. The van der Waals surface area contributed by atoms with E-state index < -0.39 is 5.97 Å². The van der Waals surface area contributed by atoms with Crippen molar-refractivity contribution in [3.8, 4) is 0 Å². The van der Waals surface area contributed by atoms with Gasteiger partial charge >= 0.3 is 29.0 Å². The summed E-state index contributed by atoms with van der Waals surface area (Å²) in [7, 11) is 0. The molecule has 0 rings (SSSR count). The van der Waals surface area contributed by atoms with Crippen molar-refractivity contribution in [3.05, 3.63) is 12.7 Å². The summed E-state index contributed by atoms with van der Waals surface area (Å²) in [5.74, 6) is -0.829. The Kier molecular flexibility index (Phi) is 8.59. The summed E-state index contributed by atoms with van der Waals surface area (Å²) in [5.41, 5.74) is 0. The fourth-order valence-corrected chi connectivity index (χ4v) is 0.123. The van der Waals surface area contributed by atoms with Gasteiger partial charge in [0.05, 0.1) is 6.42 Å². The van der Waals surface area contributed by atoms with Crippen molar-refractivity contribution in [2.75, 3.05) is 0 Å². The van der Waals surface area contributed by atoms with Crippen LogP contribution in [0.4, 0.5) is 0 Å². The molecule has 1 N–H and O–H groups in total. The minimum Gasteiger partial charge on any atom is -1.00 e. The number of rotatable bonds is 2. The summed E-state index contributed by atoms with van der Waals surface area (Å²) in [5, 5.41) is 7.84. The standard InChI is InChI=1S/C4H6O2.Mg.2H/c1-2-3-4(5)6;;;/h2H,1,3H2,(H,5,6);;;/q;+2;2*-1. The molecule has 38 valence electrons. The third-order valence-corrected chi connectivity index (χ3v) is 0.319. The third-order valence-electron chi connectivity index (χ3n) is 0.319. The first-order valence-electron chi connectivity index (χ1n) is 1.60. The topological polar surface area (TPSA) is 37.3 Å². The van der Waals surface area contributed by atoms with Crippen LogP contribution < -0.4 is 0 Å². The molecule has 0 atom stereocenters. The van der Waals surface area contributed by atoms with Crippen LogP contribution in [0, 0.1) is 0 Å². The van der Waals surface area contributed by atoms with Gasteiger partial charge in [0.2, 0.25) is 0 Å². The molecule has 0 aromatic heterocycles. The first-order chi connectivity index (χ1) is 2.77. The number of hydrogen-bond donors (Lipinski definition) is 1. The zero-order chi connectivity index (χ0) is 4.99. The molecule has 0 spiro atoms. The van der Waals surface area contributed by atoms with E-state index in [2.05, 4.69) is 6.58 Å². The maximum atomic E-state index is 9.53. The van der Waals surface area contributed by atoms with Crippen molar-refractivity contribution < 1.29 is 12.8 Å². The molecule has 0 saturated carbocycles. The predicted molar refractivity (Wildman–Crippen MR) is 30.4 cm³/mol. The van der Waals surface area contributed by atoms with Gasteiger partial charge in [0.1, 0.15) is 0 Å². The Bertz CT molecular complexity index is 77.0. The zero-order valence-corrected chi connectivity index (χ0v) is 5.47.